The van der Waals surface area contributed by atoms with Gasteiger partial charge >= 0.3 is 0 Å². The molecule has 1 saturated carbocycles. The van der Waals surface area contributed by atoms with Crippen molar-refractivity contribution < 1.29 is 4.79 Å². The molecule has 1 aromatic rings. The van der Waals surface area contributed by atoms with Crippen LogP contribution in [0.4, 0.5) is 11.4 Å². The minimum Gasteiger partial charge on any atom is -0.359 e. The standard InChI is InChI=1S/C26H35N3O/c1-5-7-9-10-19(3)20(4)26(30)29-23-16-14-22(15-17-23)28-24(11-8-6-2)18-25(27)21-12-13-21/h7,9-10,14-18,21,27-28H,4-6,8,11-13H2,1-3H3,(H,29,30)/b9-7?,19-10-,24-18-,27-25?. The van der Waals surface area contributed by atoms with E-state index in [0.29, 0.717) is 11.5 Å². The summed E-state index contributed by atoms with van der Waals surface area (Å²) < 4.78 is 0. The zero-order valence-corrected chi connectivity index (χ0v) is 18.6. The van der Waals surface area contributed by atoms with Crippen molar-refractivity contribution in [1.82, 2.24) is 0 Å². The van der Waals surface area contributed by atoms with Crippen LogP contribution in [0.15, 0.2) is 72.0 Å². The molecule has 1 amide bonds. The third-order valence-electron chi connectivity index (χ3n) is 5.06. The SMILES string of the molecule is C=C(C(=O)Nc1ccc(N/C(=C\C(=N)C2CC2)CCCC)cc1)/C(C)=C\C=CCC. The van der Waals surface area contributed by atoms with Crippen LogP contribution in [-0.2, 0) is 4.79 Å². The molecule has 160 valence electrons. The molecule has 3 N–H and O–H groups in total. The Hall–Kier alpha value is -2.88. The smallest absolute Gasteiger partial charge is 0.255 e. The van der Waals surface area contributed by atoms with Crippen molar-refractivity contribution in [3.8, 4) is 0 Å². The van der Waals surface area contributed by atoms with Gasteiger partial charge in [-0.15, -0.1) is 0 Å². The molecule has 0 radical (unpaired) electrons. The second kappa shape index (κ2) is 12.0. The monoisotopic (exact) mass is 405 g/mol. The highest BCUT2D eigenvalue weighted by Gasteiger charge is 2.25. The second-order valence-corrected chi connectivity index (χ2v) is 7.82. The lowest BCUT2D eigenvalue weighted by Gasteiger charge is -2.13. The number of rotatable bonds is 12. The summed E-state index contributed by atoms with van der Waals surface area (Å²) in [6.07, 6.45) is 14.3. The topological polar surface area (TPSA) is 65.0 Å². The third-order valence-corrected chi connectivity index (χ3v) is 5.06. The fourth-order valence-electron chi connectivity index (χ4n) is 2.89. The Morgan fingerprint density at radius 3 is 2.37 bits per heavy atom. The highest BCUT2D eigenvalue weighted by Crippen LogP contribution is 2.31. The van der Waals surface area contributed by atoms with Crippen molar-refractivity contribution >= 4 is 23.0 Å². The van der Waals surface area contributed by atoms with E-state index in [2.05, 4.69) is 31.1 Å². The first-order chi connectivity index (χ1) is 14.4. The number of carbonyl (C=O) groups excluding carboxylic acids is 1. The molecule has 0 unspecified atom stereocenters. The lowest BCUT2D eigenvalue weighted by molar-refractivity contribution is -0.112. The summed E-state index contributed by atoms with van der Waals surface area (Å²) in [4.78, 5) is 12.4. The van der Waals surface area contributed by atoms with Gasteiger partial charge in [-0.3, -0.25) is 4.79 Å². The molecule has 0 atom stereocenters. The van der Waals surface area contributed by atoms with Crippen LogP contribution in [-0.4, -0.2) is 11.6 Å². The number of anilines is 2. The Kier molecular flexibility index (Phi) is 9.33. The van der Waals surface area contributed by atoms with Gasteiger partial charge in [0, 0.05) is 34.3 Å². The molecule has 0 saturated heterocycles. The van der Waals surface area contributed by atoms with E-state index >= 15 is 0 Å². The number of amides is 1. The maximum Gasteiger partial charge on any atom is 0.255 e. The number of benzene rings is 1. The third kappa shape index (κ3) is 7.86. The van der Waals surface area contributed by atoms with Gasteiger partial charge in [0.15, 0.2) is 0 Å². The second-order valence-electron chi connectivity index (χ2n) is 7.82. The number of unbranched alkanes of at least 4 members (excludes halogenated alkanes) is 1. The van der Waals surface area contributed by atoms with E-state index in [1.807, 2.05) is 55.5 Å². The van der Waals surface area contributed by atoms with E-state index in [0.717, 1.165) is 66.9 Å². The van der Waals surface area contributed by atoms with Crippen LogP contribution in [0.5, 0.6) is 0 Å². The average Bonchev–Trinajstić information content (AvgIpc) is 3.58. The van der Waals surface area contributed by atoms with Gasteiger partial charge in [-0.25, -0.2) is 0 Å². The number of allylic oxidation sites excluding steroid dienone is 5. The summed E-state index contributed by atoms with van der Waals surface area (Å²) in [7, 11) is 0. The van der Waals surface area contributed by atoms with Gasteiger partial charge in [-0.05, 0) is 74.9 Å². The summed E-state index contributed by atoms with van der Waals surface area (Å²) in [6.45, 7) is 10.0. The molecule has 4 nitrogen and oxygen atoms in total. The minimum atomic E-state index is -0.198. The van der Waals surface area contributed by atoms with Gasteiger partial charge in [0.2, 0.25) is 0 Å². The molecule has 1 aromatic carbocycles. The average molecular weight is 406 g/mol. The van der Waals surface area contributed by atoms with Crippen molar-refractivity contribution in [2.75, 3.05) is 10.6 Å². The lowest BCUT2D eigenvalue weighted by Crippen LogP contribution is -2.14. The molecular weight excluding hydrogens is 370 g/mol. The van der Waals surface area contributed by atoms with E-state index in [-0.39, 0.29) is 5.91 Å². The zero-order chi connectivity index (χ0) is 21.9. The molecule has 0 aromatic heterocycles. The molecule has 0 heterocycles. The van der Waals surface area contributed by atoms with E-state index in [4.69, 9.17) is 5.41 Å². The van der Waals surface area contributed by atoms with Crippen LogP contribution < -0.4 is 10.6 Å². The van der Waals surface area contributed by atoms with Crippen LogP contribution in [0, 0.1) is 11.3 Å². The predicted molar refractivity (Wildman–Crippen MR) is 129 cm³/mol. The Balaban J connectivity index is 1.98. The minimum absolute atomic E-state index is 0.198. The molecular formula is C26H35N3O. The highest BCUT2D eigenvalue weighted by atomic mass is 16.1. The maximum absolute atomic E-state index is 12.4. The van der Waals surface area contributed by atoms with Gasteiger partial charge in [-0.1, -0.05) is 45.1 Å². The summed E-state index contributed by atoms with van der Waals surface area (Å²) >= 11 is 0. The molecule has 1 aliphatic carbocycles. The summed E-state index contributed by atoms with van der Waals surface area (Å²) in [5, 5.41) is 14.5. The Morgan fingerprint density at radius 2 is 1.80 bits per heavy atom. The van der Waals surface area contributed by atoms with Crippen LogP contribution in [0.1, 0.15) is 59.3 Å². The van der Waals surface area contributed by atoms with Crippen molar-refractivity contribution in [2.45, 2.75) is 59.3 Å². The molecule has 1 aliphatic rings. The van der Waals surface area contributed by atoms with Crippen LogP contribution >= 0.6 is 0 Å². The van der Waals surface area contributed by atoms with Gasteiger partial charge in [-0.2, -0.15) is 0 Å². The Labute approximate surface area is 181 Å². The van der Waals surface area contributed by atoms with Crippen molar-refractivity contribution in [2.24, 2.45) is 5.92 Å². The summed E-state index contributed by atoms with van der Waals surface area (Å²) in [6, 6.07) is 7.66. The van der Waals surface area contributed by atoms with E-state index in [9.17, 15) is 4.79 Å². The lowest BCUT2D eigenvalue weighted by atomic mass is 10.1. The predicted octanol–water partition coefficient (Wildman–Crippen LogP) is 7.01. The van der Waals surface area contributed by atoms with E-state index in [1.165, 1.54) is 0 Å². The normalized spacial score (nSPS) is 14.6. The molecule has 30 heavy (non-hydrogen) atoms. The Bertz CT molecular complexity index is 840. The highest BCUT2D eigenvalue weighted by molar-refractivity contribution is 6.06. The zero-order valence-electron chi connectivity index (χ0n) is 18.6. The van der Waals surface area contributed by atoms with Gasteiger partial charge in [0.1, 0.15) is 0 Å². The fourth-order valence-corrected chi connectivity index (χ4v) is 2.89. The van der Waals surface area contributed by atoms with Gasteiger partial charge in [0.05, 0.1) is 0 Å². The van der Waals surface area contributed by atoms with Gasteiger partial charge in [0.25, 0.3) is 5.91 Å². The molecule has 0 spiro atoms. The van der Waals surface area contributed by atoms with Crippen molar-refractivity contribution in [3.05, 3.63) is 72.0 Å². The molecule has 0 aliphatic heterocycles. The summed E-state index contributed by atoms with van der Waals surface area (Å²) in [5.41, 5.74) is 4.81. The van der Waals surface area contributed by atoms with Crippen molar-refractivity contribution in [3.63, 3.8) is 0 Å². The Morgan fingerprint density at radius 1 is 1.17 bits per heavy atom. The maximum atomic E-state index is 12.4. The number of nitrogens with one attached hydrogen (secondary N) is 3. The quantitative estimate of drug-likeness (QED) is 0.199. The summed E-state index contributed by atoms with van der Waals surface area (Å²) in [5.74, 6) is 0.250. The largest absolute Gasteiger partial charge is 0.359 e. The molecule has 0 bridgehead atoms. The fraction of sp³-hybridized carbons (Fsp3) is 0.385. The van der Waals surface area contributed by atoms with Crippen LogP contribution in [0.2, 0.25) is 0 Å². The van der Waals surface area contributed by atoms with E-state index < -0.39 is 0 Å². The van der Waals surface area contributed by atoms with Crippen LogP contribution in [0.3, 0.4) is 0 Å². The van der Waals surface area contributed by atoms with E-state index in [1.54, 1.807) is 0 Å². The van der Waals surface area contributed by atoms with Crippen molar-refractivity contribution in [1.29, 1.82) is 5.41 Å². The number of hydrogen-bond acceptors (Lipinski definition) is 3. The van der Waals surface area contributed by atoms with Crippen LogP contribution in [0.25, 0.3) is 0 Å². The first-order valence-electron chi connectivity index (χ1n) is 10.9. The first-order valence-corrected chi connectivity index (χ1v) is 10.9. The number of carbonyl (C=O) groups is 1. The van der Waals surface area contributed by atoms with Gasteiger partial charge < -0.3 is 16.0 Å². The molecule has 4 heteroatoms. The molecule has 1 fully saturated rings. The first kappa shape index (κ1) is 23.4. The molecule has 2 rings (SSSR count). The number of hydrogen-bond donors (Lipinski definition) is 3.